The van der Waals surface area contributed by atoms with Gasteiger partial charge in [0, 0.05) is 41.0 Å². The third-order valence-electron chi connectivity index (χ3n) is 3.57. The Morgan fingerprint density at radius 3 is 1.93 bits per heavy atom. The first-order valence-corrected chi connectivity index (χ1v) is 10.5. The van der Waals surface area contributed by atoms with Crippen LogP contribution in [0.2, 0.25) is 10.6 Å². The fourth-order valence-electron chi connectivity index (χ4n) is 2.52. The van der Waals surface area contributed by atoms with E-state index in [1.807, 2.05) is 0 Å². The van der Waals surface area contributed by atoms with E-state index in [1.54, 1.807) is 0 Å². The van der Waals surface area contributed by atoms with Crippen LogP contribution in [0.15, 0.2) is 28.0 Å². The second kappa shape index (κ2) is 8.09. The number of nitrogens with two attached hydrogens (primary N) is 1. The van der Waals surface area contributed by atoms with Gasteiger partial charge in [0.15, 0.2) is 5.82 Å². The molecule has 2 aromatic carbocycles. The molecule has 0 fully saturated rings. The smallest absolute Gasteiger partial charge is 0.295 e. The molecule has 1 heterocycles. The van der Waals surface area contributed by atoms with Gasteiger partial charge >= 0.3 is 0 Å². The summed E-state index contributed by atoms with van der Waals surface area (Å²) in [5, 5.41) is 8.99. The summed E-state index contributed by atoms with van der Waals surface area (Å²) in [5.41, 5.74) is 5.10. The number of nitrogen functional groups attached to an aromatic ring is 1. The summed E-state index contributed by atoms with van der Waals surface area (Å²) in [7, 11) is -9.67. The summed E-state index contributed by atoms with van der Waals surface area (Å²) in [6.45, 7) is 0. The number of phenolic OH excluding ortho intramolecular Hbond substituents is 1. The molecule has 0 aliphatic rings. The zero-order valence-electron chi connectivity index (χ0n) is 14.2. The van der Waals surface area contributed by atoms with E-state index in [0.29, 0.717) is 6.07 Å². The predicted octanol–water partition coefficient (Wildman–Crippen LogP) is 1.40. The Bertz CT molecular complexity index is 1350. The monoisotopic (exact) mass is 489 g/mol. The van der Waals surface area contributed by atoms with Crippen LogP contribution < -0.4 is 5.73 Å². The molecule has 0 saturated carbocycles. The van der Waals surface area contributed by atoms with Gasteiger partial charge in [-0.05, 0) is 40.7 Å². The van der Waals surface area contributed by atoms with Gasteiger partial charge in [-0.15, -0.1) is 0 Å². The van der Waals surface area contributed by atoms with Crippen molar-refractivity contribution in [3.63, 3.8) is 0 Å². The molecule has 0 spiro atoms. The van der Waals surface area contributed by atoms with Gasteiger partial charge in [-0.3, -0.25) is 9.11 Å². The van der Waals surface area contributed by atoms with Gasteiger partial charge in [0.05, 0.1) is 16.1 Å². The van der Waals surface area contributed by atoms with Gasteiger partial charge < -0.3 is 10.8 Å². The van der Waals surface area contributed by atoms with E-state index in [4.69, 9.17) is 28.9 Å². The second-order valence-electron chi connectivity index (χ2n) is 5.35. The number of aromatic hydroxyl groups is 1. The van der Waals surface area contributed by atoms with Crippen LogP contribution in [-0.4, -0.2) is 75.6 Å². The fourth-order valence-corrected chi connectivity index (χ4v) is 4.16. The van der Waals surface area contributed by atoms with E-state index < -0.39 is 63.4 Å². The largest absolute Gasteiger partial charge is 0.507 e. The van der Waals surface area contributed by atoms with Gasteiger partial charge in [0.1, 0.15) is 10.6 Å². The quantitative estimate of drug-likeness (QED) is 0.235. The van der Waals surface area contributed by atoms with Crippen LogP contribution in [0.1, 0.15) is 0 Å². The fraction of sp³-hybridized carbons (Fsp3) is 0. The predicted molar refractivity (Wildman–Crippen MR) is 104 cm³/mol. The first kappa shape index (κ1) is 24.0. The topological polar surface area (TPSA) is 194 Å². The van der Waals surface area contributed by atoms with Crippen molar-refractivity contribution in [2.75, 3.05) is 5.73 Å². The maximum Gasteiger partial charge on any atom is 0.295 e. The summed E-state index contributed by atoms with van der Waals surface area (Å²) >= 11 is 11.4. The number of aromatic nitrogens is 3. The zero-order chi connectivity index (χ0) is 21.0. The van der Waals surface area contributed by atoms with Crippen LogP contribution in [0.4, 0.5) is 5.69 Å². The Kier molecular flexibility index (Phi) is 6.69. The number of hydrogen-bond acceptors (Lipinski definition) is 9. The minimum Gasteiger partial charge on any atom is -0.507 e. The minimum atomic E-state index is -4.94. The van der Waals surface area contributed by atoms with Crippen molar-refractivity contribution in [2.24, 2.45) is 0 Å². The van der Waals surface area contributed by atoms with Gasteiger partial charge in [-0.25, -0.2) is 0 Å². The number of halogens is 2. The molecule has 1 radical (unpaired) electrons. The Morgan fingerprint density at radius 1 is 0.897 bits per heavy atom. The normalized spacial score (nSPS) is 12.0. The number of hydrogen-bond donors (Lipinski definition) is 4. The van der Waals surface area contributed by atoms with Crippen LogP contribution in [0.3, 0.4) is 0 Å². The number of anilines is 1. The molecule has 0 saturated heterocycles. The number of nitrogens with zero attached hydrogens (tertiary/aromatic N) is 3. The van der Waals surface area contributed by atoms with E-state index in [-0.39, 0.29) is 40.3 Å². The van der Waals surface area contributed by atoms with Crippen LogP contribution in [0.25, 0.3) is 22.2 Å². The number of rotatable bonds is 3. The molecule has 29 heavy (non-hydrogen) atoms. The van der Waals surface area contributed by atoms with Crippen molar-refractivity contribution in [1.82, 2.24) is 15.0 Å². The third kappa shape index (κ3) is 4.73. The molecule has 5 N–H and O–H groups in total. The van der Waals surface area contributed by atoms with E-state index >= 15 is 0 Å². The summed E-state index contributed by atoms with van der Waals surface area (Å²) in [5.74, 6) is -1.12. The molecule has 0 aliphatic carbocycles. The molecule has 3 rings (SSSR count). The van der Waals surface area contributed by atoms with Crippen molar-refractivity contribution < 1.29 is 31.0 Å². The van der Waals surface area contributed by atoms with Crippen LogP contribution >= 0.6 is 23.2 Å². The number of phenols is 1. The summed E-state index contributed by atoms with van der Waals surface area (Å²) < 4.78 is 65.3. The summed E-state index contributed by atoms with van der Waals surface area (Å²) in [6, 6.07) is 2.38. The Balaban J connectivity index is 0.00000300. The molecule has 1 aromatic heterocycles. The van der Waals surface area contributed by atoms with Crippen LogP contribution in [0, 0.1) is 0 Å². The second-order valence-corrected chi connectivity index (χ2v) is 8.84. The first-order valence-electron chi connectivity index (χ1n) is 6.90. The molecular formula is C13H8Cl2N4NaO7S2. The van der Waals surface area contributed by atoms with E-state index in [1.165, 1.54) is 0 Å². The van der Waals surface area contributed by atoms with Gasteiger partial charge in [0.2, 0.25) is 10.6 Å². The third-order valence-corrected chi connectivity index (χ3v) is 5.62. The van der Waals surface area contributed by atoms with E-state index in [2.05, 4.69) is 15.0 Å². The van der Waals surface area contributed by atoms with Crippen molar-refractivity contribution >= 4 is 89.5 Å². The van der Waals surface area contributed by atoms with Crippen LogP contribution in [0.5, 0.6) is 5.75 Å². The first-order chi connectivity index (χ1) is 12.8. The number of benzene rings is 2. The molecule has 0 unspecified atom stereocenters. The minimum absolute atomic E-state index is 0. The maximum atomic E-state index is 11.9. The molecule has 11 nitrogen and oxygen atoms in total. The molecule has 0 amide bonds. The van der Waals surface area contributed by atoms with Gasteiger partial charge in [-0.1, -0.05) is 0 Å². The standard InChI is InChI=1S/C13H8Cl2N4O7S2.Na/c14-12-17-11(18-13(15)19-12)9-7(28(24,25)26)2-4-1-5(27(21,22)23)3-6(20)8(4)10(9)16;/h1-3,20H,16H2,(H,21,22,23)(H,24,25,26);. The Hall–Kier alpha value is -1.29. The summed E-state index contributed by atoms with van der Waals surface area (Å²) in [6.07, 6.45) is 0. The molecule has 3 aromatic rings. The van der Waals surface area contributed by atoms with E-state index in [0.717, 1.165) is 12.1 Å². The van der Waals surface area contributed by atoms with Crippen molar-refractivity contribution in [2.45, 2.75) is 9.79 Å². The Labute approximate surface area is 195 Å². The van der Waals surface area contributed by atoms with Gasteiger partial charge in [0.25, 0.3) is 20.2 Å². The summed E-state index contributed by atoms with van der Waals surface area (Å²) in [4.78, 5) is 9.41. The average Bonchev–Trinajstić information content (AvgIpc) is 2.51. The average molecular weight is 490 g/mol. The van der Waals surface area contributed by atoms with Crippen molar-refractivity contribution in [1.29, 1.82) is 0 Å². The maximum absolute atomic E-state index is 11.9. The van der Waals surface area contributed by atoms with Crippen molar-refractivity contribution in [3.05, 3.63) is 28.8 Å². The molecule has 0 bridgehead atoms. The molecule has 0 aliphatic heterocycles. The Morgan fingerprint density at radius 2 is 1.45 bits per heavy atom. The molecular weight excluding hydrogens is 482 g/mol. The molecule has 16 heteroatoms. The molecule has 149 valence electrons. The van der Waals surface area contributed by atoms with Crippen molar-refractivity contribution in [3.8, 4) is 17.1 Å². The van der Waals surface area contributed by atoms with E-state index in [9.17, 15) is 31.0 Å². The zero-order valence-corrected chi connectivity index (χ0v) is 19.3. The van der Waals surface area contributed by atoms with Gasteiger partial charge in [-0.2, -0.15) is 31.8 Å². The van der Waals surface area contributed by atoms with Crippen LogP contribution in [-0.2, 0) is 20.2 Å². The SMILES string of the molecule is Nc1c(-c2nc(Cl)nc(Cl)n2)c(S(=O)(=O)O)cc2cc(S(=O)(=O)O)cc(O)c12.[Na]. The molecule has 0 atom stereocenters. The number of fused-ring (bicyclic) bond motifs is 1.